The Morgan fingerprint density at radius 2 is 2.00 bits per heavy atom. The van der Waals surface area contributed by atoms with Gasteiger partial charge in [-0.15, -0.1) is 11.3 Å². The van der Waals surface area contributed by atoms with E-state index in [-0.39, 0.29) is 29.4 Å². The minimum atomic E-state index is -4.63. The molecule has 10 heteroatoms. The van der Waals surface area contributed by atoms with E-state index in [2.05, 4.69) is 26.0 Å². The van der Waals surface area contributed by atoms with Gasteiger partial charge in [0.15, 0.2) is 11.3 Å². The van der Waals surface area contributed by atoms with Crippen LogP contribution in [0, 0.1) is 0 Å². The van der Waals surface area contributed by atoms with E-state index < -0.39 is 11.9 Å². The lowest BCUT2D eigenvalue weighted by Crippen LogP contribution is -2.36. The number of benzene rings is 1. The number of halogens is 4. The van der Waals surface area contributed by atoms with E-state index in [1.807, 2.05) is 24.3 Å². The van der Waals surface area contributed by atoms with Crippen LogP contribution in [0.15, 0.2) is 52.3 Å². The highest BCUT2D eigenvalue weighted by Crippen LogP contribution is 2.36. The Labute approximate surface area is 193 Å². The number of aryl methyl sites for hydroxylation is 1. The molecule has 164 valence electrons. The molecule has 0 spiro atoms. The van der Waals surface area contributed by atoms with Gasteiger partial charge in [0.05, 0.1) is 27.2 Å². The number of para-hydroxylation sites is 1. The molecule has 0 saturated heterocycles. The van der Waals surface area contributed by atoms with Crippen molar-refractivity contribution in [2.45, 2.75) is 25.4 Å². The van der Waals surface area contributed by atoms with Crippen LogP contribution >= 0.6 is 27.3 Å². The maximum Gasteiger partial charge on any atom is 0.433 e. The van der Waals surface area contributed by atoms with Gasteiger partial charge in [0.1, 0.15) is 0 Å². The number of aromatic nitrogens is 3. The van der Waals surface area contributed by atoms with E-state index in [0.717, 1.165) is 34.7 Å². The predicted octanol–water partition coefficient (Wildman–Crippen LogP) is 5.76. The van der Waals surface area contributed by atoms with E-state index in [0.29, 0.717) is 15.9 Å². The molecule has 1 amide bonds. The first kappa shape index (κ1) is 21.1. The van der Waals surface area contributed by atoms with Gasteiger partial charge in [-0.1, -0.05) is 24.3 Å². The van der Waals surface area contributed by atoms with Crippen molar-refractivity contribution >= 4 is 44.5 Å². The standard InChI is InChI=1S/C22H16BrF3N4OS/c23-20-15(12-19(31)29-9-3-6-13-5-1-2-7-16(13)29)28-30-18(22(24,25)26)11-14(27-21(20)30)17-8-4-10-32-17/h1-2,4-5,7-8,10-11H,3,6,9,12H2. The van der Waals surface area contributed by atoms with Crippen LogP contribution < -0.4 is 4.90 Å². The Kier molecular flexibility index (Phi) is 5.29. The Balaban J connectivity index is 1.56. The van der Waals surface area contributed by atoms with E-state index in [1.54, 1.807) is 22.4 Å². The molecular weight excluding hydrogens is 505 g/mol. The first-order valence-corrected chi connectivity index (χ1v) is 11.6. The minimum Gasteiger partial charge on any atom is -0.312 e. The lowest BCUT2D eigenvalue weighted by molar-refractivity contribution is -0.142. The number of thiophene rings is 1. The highest BCUT2D eigenvalue weighted by Gasteiger charge is 2.36. The van der Waals surface area contributed by atoms with Gasteiger partial charge in [-0.05, 0) is 57.9 Å². The quantitative estimate of drug-likeness (QED) is 0.345. The molecule has 0 N–H and O–H groups in total. The molecule has 1 aliphatic heterocycles. The molecule has 1 aromatic carbocycles. The van der Waals surface area contributed by atoms with Crippen LogP contribution in [0.3, 0.4) is 0 Å². The first-order chi connectivity index (χ1) is 15.3. The second-order valence-electron chi connectivity index (χ2n) is 7.45. The molecule has 5 nitrogen and oxygen atoms in total. The molecule has 0 bridgehead atoms. The maximum atomic E-state index is 13.8. The lowest BCUT2D eigenvalue weighted by Gasteiger charge is -2.29. The van der Waals surface area contributed by atoms with Crippen LogP contribution in [0.2, 0.25) is 0 Å². The van der Waals surface area contributed by atoms with Crippen molar-refractivity contribution < 1.29 is 18.0 Å². The zero-order chi connectivity index (χ0) is 22.5. The molecule has 1 aliphatic rings. The largest absolute Gasteiger partial charge is 0.433 e. The van der Waals surface area contributed by atoms with Crippen molar-refractivity contribution in [3.8, 4) is 10.6 Å². The summed E-state index contributed by atoms with van der Waals surface area (Å²) in [5.74, 6) is -0.215. The summed E-state index contributed by atoms with van der Waals surface area (Å²) >= 11 is 4.66. The van der Waals surface area contributed by atoms with Crippen molar-refractivity contribution in [3.05, 3.63) is 69.3 Å². The molecule has 4 aromatic rings. The second kappa shape index (κ2) is 8.00. The SMILES string of the molecule is O=C(Cc1nn2c(C(F)(F)F)cc(-c3cccs3)nc2c1Br)N1CCCc2ccccc21. The van der Waals surface area contributed by atoms with Crippen molar-refractivity contribution in [3.63, 3.8) is 0 Å². The van der Waals surface area contributed by atoms with Gasteiger partial charge in [-0.3, -0.25) is 4.79 Å². The number of amides is 1. The number of hydrogen-bond acceptors (Lipinski definition) is 4. The normalized spacial score (nSPS) is 14.1. The third-order valence-electron chi connectivity index (χ3n) is 5.39. The van der Waals surface area contributed by atoms with E-state index >= 15 is 0 Å². The summed E-state index contributed by atoms with van der Waals surface area (Å²) in [5.41, 5.74) is 1.46. The van der Waals surface area contributed by atoms with Gasteiger partial charge in [-0.25, -0.2) is 9.50 Å². The highest BCUT2D eigenvalue weighted by atomic mass is 79.9. The van der Waals surface area contributed by atoms with Crippen molar-refractivity contribution in [1.82, 2.24) is 14.6 Å². The van der Waals surface area contributed by atoms with Crippen LogP contribution in [0.25, 0.3) is 16.2 Å². The number of anilines is 1. The van der Waals surface area contributed by atoms with Crippen LogP contribution in [-0.4, -0.2) is 27.0 Å². The topological polar surface area (TPSA) is 50.5 Å². The van der Waals surface area contributed by atoms with Crippen molar-refractivity contribution in [2.24, 2.45) is 0 Å². The highest BCUT2D eigenvalue weighted by molar-refractivity contribution is 9.10. The molecule has 0 saturated carbocycles. The third-order valence-corrected chi connectivity index (χ3v) is 7.10. The van der Waals surface area contributed by atoms with Gasteiger partial charge in [-0.2, -0.15) is 18.3 Å². The Morgan fingerprint density at radius 3 is 2.75 bits per heavy atom. The molecule has 0 unspecified atom stereocenters. The monoisotopic (exact) mass is 520 g/mol. The van der Waals surface area contributed by atoms with Crippen molar-refractivity contribution in [1.29, 1.82) is 0 Å². The molecule has 0 fully saturated rings. The van der Waals surface area contributed by atoms with Crippen LogP contribution in [0.5, 0.6) is 0 Å². The van der Waals surface area contributed by atoms with Crippen LogP contribution in [0.1, 0.15) is 23.4 Å². The smallest absolute Gasteiger partial charge is 0.312 e. The number of hydrogen-bond donors (Lipinski definition) is 0. The summed E-state index contributed by atoms with van der Waals surface area (Å²) in [5, 5.41) is 5.91. The van der Waals surface area contributed by atoms with E-state index in [1.165, 1.54) is 11.3 Å². The Hall–Kier alpha value is -2.72. The molecule has 0 radical (unpaired) electrons. The molecule has 0 aliphatic carbocycles. The molecular formula is C22H16BrF3N4OS. The van der Waals surface area contributed by atoms with Gasteiger partial charge in [0.25, 0.3) is 0 Å². The fourth-order valence-electron chi connectivity index (χ4n) is 3.93. The molecule has 32 heavy (non-hydrogen) atoms. The summed E-state index contributed by atoms with van der Waals surface area (Å²) in [6, 6.07) is 12.1. The molecule has 3 aromatic heterocycles. The average Bonchev–Trinajstić information content (AvgIpc) is 3.41. The predicted molar refractivity (Wildman–Crippen MR) is 120 cm³/mol. The average molecular weight is 521 g/mol. The number of carbonyl (C=O) groups is 1. The number of alkyl halides is 3. The summed E-state index contributed by atoms with van der Waals surface area (Å²) in [6.45, 7) is 0.565. The third kappa shape index (κ3) is 3.71. The van der Waals surface area contributed by atoms with E-state index in [9.17, 15) is 18.0 Å². The summed E-state index contributed by atoms with van der Waals surface area (Å²) in [4.78, 5) is 19.8. The Morgan fingerprint density at radius 1 is 1.19 bits per heavy atom. The fourth-order valence-corrected chi connectivity index (χ4v) is 5.09. The summed E-state index contributed by atoms with van der Waals surface area (Å²) < 4.78 is 42.5. The van der Waals surface area contributed by atoms with Crippen LogP contribution in [-0.2, 0) is 23.8 Å². The zero-order valence-corrected chi connectivity index (χ0v) is 19.0. The summed E-state index contributed by atoms with van der Waals surface area (Å²) in [6.07, 6.45) is -3.04. The van der Waals surface area contributed by atoms with Gasteiger partial charge >= 0.3 is 6.18 Å². The van der Waals surface area contributed by atoms with Gasteiger partial charge < -0.3 is 4.90 Å². The molecule has 5 rings (SSSR count). The fraction of sp³-hybridized carbons (Fsp3) is 0.227. The molecule has 0 atom stereocenters. The number of nitrogens with zero attached hydrogens (tertiary/aromatic N) is 4. The van der Waals surface area contributed by atoms with Gasteiger partial charge in [0.2, 0.25) is 5.91 Å². The number of rotatable bonds is 3. The minimum absolute atomic E-state index is 0.0325. The number of carbonyl (C=O) groups excluding carboxylic acids is 1. The lowest BCUT2D eigenvalue weighted by atomic mass is 10.0. The first-order valence-electron chi connectivity index (χ1n) is 9.90. The van der Waals surface area contributed by atoms with Crippen LogP contribution in [0.4, 0.5) is 18.9 Å². The molecule has 4 heterocycles. The van der Waals surface area contributed by atoms with Crippen molar-refractivity contribution in [2.75, 3.05) is 11.4 Å². The summed E-state index contributed by atoms with van der Waals surface area (Å²) in [7, 11) is 0. The maximum absolute atomic E-state index is 13.8. The number of fused-ring (bicyclic) bond motifs is 2. The zero-order valence-electron chi connectivity index (χ0n) is 16.6. The van der Waals surface area contributed by atoms with Gasteiger partial charge in [0, 0.05) is 12.2 Å². The Bertz CT molecular complexity index is 1320. The van der Waals surface area contributed by atoms with E-state index in [4.69, 9.17) is 0 Å². The second-order valence-corrected chi connectivity index (χ2v) is 9.19.